The van der Waals surface area contributed by atoms with Gasteiger partial charge in [-0.3, -0.25) is 0 Å². The second-order valence-electron chi connectivity index (χ2n) is 7.00. The van der Waals surface area contributed by atoms with E-state index in [4.69, 9.17) is 0 Å². The van der Waals surface area contributed by atoms with Crippen molar-refractivity contribution in [1.29, 1.82) is 0 Å². The van der Waals surface area contributed by atoms with Crippen molar-refractivity contribution in [1.82, 2.24) is 10.3 Å². The molecule has 19 heavy (non-hydrogen) atoms. The lowest BCUT2D eigenvalue weighted by Gasteiger charge is -2.21. The molecular formula is C15H28N2OS. The van der Waals surface area contributed by atoms with Gasteiger partial charge in [0.05, 0.1) is 10.7 Å². The Bertz CT molecular complexity index is 380. The number of rotatable bonds is 7. The van der Waals surface area contributed by atoms with E-state index in [1.807, 2.05) is 0 Å². The fourth-order valence-electron chi connectivity index (χ4n) is 1.72. The van der Waals surface area contributed by atoms with E-state index in [0.717, 1.165) is 31.6 Å². The summed E-state index contributed by atoms with van der Waals surface area (Å²) in [4.78, 5) is 4.66. The largest absolute Gasteiger partial charge is 0.396 e. The molecule has 0 radical (unpaired) electrons. The lowest BCUT2D eigenvalue weighted by Crippen LogP contribution is -2.21. The number of nitrogens with one attached hydrogen (secondary N) is 1. The summed E-state index contributed by atoms with van der Waals surface area (Å²) in [5.41, 5.74) is 1.33. The predicted octanol–water partition coefficient (Wildman–Crippen LogP) is 3.33. The highest BCUT2D eigenvalue weighted by molar-refractivity contribution is 7.09. The van der Waals surface area contributed by atoms with Crippen molar-refractivity contribution in [3.05, 3.63) is 16.1 Å². The molecule has 0 fully saturated rings. The zero-order valence-corrected chi connectivity index (χ0v) is 13.7. The summed E-state index contributed by atoms with van der Waals surface area (Å²) in [5.74, 6) is 0. The molecule has 0 unspecified atom stereocenters. The summed E-state index contributed by atoms with van der Waals surface area (Å²) in [7, 11) is 0. The number of aliphatic hydroxyl groups excluding tert-OH is 1. The Labute approximate surface area is 121 Å². The number of hydrogen-bond acceptors (Lipinski definition) is 4. The normalized spacial score (nSPS) is 12.9. The van der Waals surface area contributed by atoms with Gasteiger partial charge in [0.1, 0.15) is 0 Å². The molecule has 0 aromatic carbocycles. The van der Waals surface area contributed by atoms with Crippen LogP contribution in [0, 0.1) is 5.41 Å². The van der Waals surface area contributed by atoms with Gasteiger partial charge in [-0.25, -0.2) is 4.98 Å². The Kier molecular flexibility index (Phi) is 5.96. The molecule has 0 atom stereocenters. The van der Waals surface area contributed by atoms with Crippen LogP contribution in [-0.4, -0.2) is 23.2 Å². The molecule has 1 aromatic heterocycles. The third-order valence-corrected chi connectivity index (χ3v) is 4.45. The zero-order chi connectivity index (χ0) is 14.5. The van der Waals surface area contributed by atoms with Crippen LogP contribution in [0.3, 0.4) is 0 Å². The van der Waals surface area contributed by atoms with E-state index in [9.17, 15) is 5.11 Å². The maximum Gasteiger partial charge on any atom is 0.0982 e. The Morgan fingerprint density at radius 2 is 1.95 bits per heavy atom. The second kappa shape index (κ2) is 6.82. The molecule has 0 saturated carbocycles. The molecule has 0 saturated heterocycles. The Hall–Kier alpha value is -0.450. The summed E-state index contributed by atoms with van der Waals surface area (Å²) < 4.78 is 0. The van der Waals surface area contributed by atoms with Crippen molar-refractivity contribution in [2.24, 2.45) is 5.41 Å². The minimum atomic E-state index is 0.0434. The quantitative estimate of drug-likeness (QED) is 0.755. The van der Waals surface area contributed by atoms with E-state index in [1.165, 1.54) is 5.01 Å². The molecule has 0 aliphatic heterocycles. The summed E-state index contributed by atoms with van der Waals surface area (Å²) in [6, 6.07) is 0. The first kappa shape index (κ1) is 16.6. The second-order valence-corrected chi connectivity index (χ2v) is 7.85. The maximum absolute atomic E-state index is 9.18. The monoisotopic (exact) mass is 284 g/mol. The first-order valence-corrected chi connectivity index (χ1v) is 7.89. The van der Waals surface area contributed by atoms with Gasteiger partial charge < -0.3 is 10.4 Å². The molecule has 0 aliphatic carbocycles. The minimum absolute atomic E-state index is 0.0434. The van der Waals surface area contributed by atoms with Crippen molar-refractivity contribution in [2.45, 2.75) is 59.4 Å². The van der Waals surface area contributed by atoms with Crippen LogP contribution in [0.1, 0.15) is 58.2 Å². The topological polar surface area (TPSA) is 45.1 Å². The highest BCUT2D eigenvalue weighted by Gasteiger charge is 2.18. The van der Waals surface area contributed by atoms with Gasteiger partial charge in [0, 0.05) is 23.9 Å². The van der Waals surface area contributed by atoms with Crippen molar-refractivity contribution in [3.8, 4) is 0 Å². The van der Waals surface area contributed by atoms with Gasteiger partial charge in [-0.15, -0.1) is 11.3 Å². The van der Waals surface area contributed by atoms with Gasteiger partial charge in [-0.2, -0.15) is 0 Å². The van der Waals surface area contributed by atoms with Crippen molar-refractivity contribution in [2.75, 3.05) is 13.2 Å². The number of thiazole rings is 1. The fraction of sp³-hybridized carbons (Fsp3) is 0.800. The van der Waals surface area contributed by atoms with Crippen LogP contribution < -0.4 is 5.32 Å². The lowest BCUT2D eigenvalue weighted by atomic mass is 9.89. The van der Waals surface area contributed by atoms with E-state index >= 15 is 0 Å². The van der Waals surface area contributed by atoms with E-state index < -0.39 is 0 Å². The molecule has 0 spiro atoms. The van der Waals surface area contributed by atoms with Crippen LogP contribution in [0.5, 0.6) is 0 Å². The molecule has 2 N–H and O–H groups in total. The Morgan fingerprint density at radius 1 is 1.26 bits per heavy atom. The number of nitrogens with zero attached hydrogens (tertiary/aromatic N) is 1. The Morgan fingerprint density at radius 3 is 2.47 bits per heavy atom. The lowest BCUT2D eigenvalue weighted by molar-refractivity contribution is 0.148. The van der Waals surface area contributed by atoms with Crippen LogP contribution in [0.25, 0.3) is 0 Å². The van der Waals surface area contributed by atoms with Crippen LogP contribution in [0.15, 0.2) is 5.38 Å². The summed E-state index contributed by atoms with van der Waals surface area (Å²) in [6.45, 7) is 12.9. The van der Waals surface area contributed by atoms with Gasteiger partial charge in [-0.05, 0) is 24.8 Å². The summed E-state index contributed by atoms with van der Waals surface area (Å²) >= 11 is 1.74. The molecule has 1 heterocycles. The van der Waals surface area contributed by atoms with Gasteiger partial charge in [0.2, 0.25) is 0 Å². The number of aromatic nitrogens is 1. The van der Waals surface area contributed by atoms with Gasteiger partial charge in [-0.1, -0.05) is 34.6 Å². The predicted molar refractivity (Wildman–Crippen MR) is 82.6 cm³/mol. The summed E-state index contributed by atoms with van der Waals surface area (Å²) in [6.07, 6.45) is 2.13. The standard InChI is InChI=1S/C15H28N2OS/c1-14(2,3)13-17-12(10-19-13)9-16-8-6-7-15(4,5)11-18/h10,16,18H,6-9,11H2,1-5H3. The molecule has 1 aromatic rings. The van der Waals surface area contributed by atoms with Gasteiger partial charge in [0.25, 0.3) is 0 Å². The fourth-order valence-corrected chi connectivity index (χ4v) is 2.63. The molecular weight excluding hydrogens is 256 g/mol. The zero-order valence-electron chi connectivity index (χ0n) is 12.9. The molecule has 1 rings (SSSR count). The third-order valence-electron chi connectivity index (χ3n) is 3.13. The van der Waals surface area contributed by atoms with E-state index in [-0.39, 0.29) is 17.4 Å². The number of hydrogen-bond donors (Lipinski definition) is 2. The highest BCUT2D eigenvalue weighted by atomic mass is 32.1. The van der Waals surface area contributed by atoms with Crippen LogP contribution in [-0.2, 0) is 12.0 Å². The van der Waals surface area contributed by atoms with Gasteiger partial charge >= 0.3 is 0 Å². The molecule has 0 bridgehead atoms. The van der Waals surface area contributed by atoms with E-state index in [1.54, 1.807) is 11.3 Å². The first-order chi connectivity index (χ1) is 8.74. The van der Waals surface area contributed by atoms with Crippen LogP contribution >= 0.6 is 11.3 Å². The number of aliphatic hydroxyl groups is 1. The first-order valence-electron chi connectivity index (χ1n) is 7.01. The van der Waals surface area contributed by atoms with Crippen molar-refractivity contribution >= 4 is 11.3 Å². The third kappa shape index (κ3) is 6.02. The average Bonchev–Trinajstić information content (AvgIpc) is 2.77. The van der Waals surface area contributed by atoms with Crippen molar-refractivity contribution < 1.29 is 5.11 Å². The molecule has 0 amide bonds. The molecule has 4 heteroatoms. The molecule has 0 aliphatic rings. The average molecular weight is 284 g/mol. The smallest absolute Gasteiger partial charge is 0.0982 e. The molecule has 110 valence electrons. The highest BCUT2D eigenvalue weighted by Crippen LogP contribution is 2.25. The van der Waals surface area contributed by atoms with Crippen LogP contribution in [0.4, 0.5) is 0 Å². The van der Waals surface area contributed by atoms with Gasteiger partial charge in [0.15, 0.2) is 0 Å². The molecule has 3 nitrogen and oxygen atoms in total. The van der Waals surface area contributed by atoms with E-state index in [2.05, 4.69) is 50.3 Å². The van der Waals surface area contributed by atoms with E-state index in [0.29, 0.717) is 0 Å². The Balaban J connectivity index is 2.25. The minimum Gasteiger partial charge on any atom is -0.396 e. The van der Waals surface area contributed by atoms with Crippen molar-refractivity contribution in [3.63, 3.8) is 0 Å². The summed E-state index contributed by atoms with van der Waals surface area (Å²) in [5, 5.41) is 15.9. The van der Waals surface area contributed by atoms with Crippen LogP contribution in [0.2, 0.25) is 0 Å². The maximum atomic E-state index is 9.18. The SMILES string of the molecule is CC(C)(CO)CCCNCc1csc(C(C)(C)C)n1.